The Balaban J connectivity index is 1.64. The molecule has 1 aliphatic rings. The first-order valence-electron chi connectivity index (χ1n) is 10.4. The average molecular weight is 421 g/mol. The molecule has 154 valence electrons. The summed E-state index contributed by atoms with van der Waals surface area (Å²) in [5.41, 5.74) is 2.47. The van der Waals surface area contributed by atoms with E-state index in [1.807, 2.05) is 24.3 Å². The number of hydrogen-bond acceptors (Lipinski definition) is 6. The lowest BCUT2D eigenvalue weighted by Gasteiger charge is -2.31. The Hall–Kier alpha value is -2.70. The summed E-state index contributed by atoms with van der Waals surface area (Å²) in [4.78, 5) is 20.4. The number of phenols is 1. The molecule has 2 aromatic heterocycles. The van der Waals surface area contributed by atoms with E-state index < -0.39 is 0 Å². The van der Waals surface area contributed by atoms with Crippen LogP contribution in [0.3, 0.4) is 0 Å². The molecular formula is C24H24N2O3S. The number of benzene rings is 2. The smallest absolute Gasteiger partial charge is 0.203 e. The van der Waals surface area contributed by atoms with Crippen molar-refractivity contribution in [2.24, 2.45) is 5.92 Å². The van der Waals surface area contributed by atoms with Gasteiger partial charge in [-0.05, 0) is 56.5 Å². The normalized spacial score (nSPS) is 17.7. The van der Waals surface area contributed by atoms with Crippen LogP contribution < -0.4 is 5.43 Å². The van der Waals surface area contributed by atoms with Gasteiger partial charge in [-0.15, -0.1) is 11.3 Å². The van der Waals surface area contributed by atoms with Crippen LogP contribution in [0.1, 0.15) is 31.1 Å². The van der Waals surface area contributed by atoms with Gasteiger partial charge in [-0.3, -0.25) is 9.69 Å². The number of aromatic nitrogens is 1. The number of thiazole rings is 1. The van der Waals surface area contributed by atoms with Crippen LogP contribution in [-0.4, -0.2) is 28.1 Å². The van der Waals surface area contributed by atoms with Crippen LogP contribution in [0, 0.1) is 12.8 Å². The number of likely N-dealkylation sites (tertiary alicyclic amines) is 1. The van der Waals surface area contributed by atoms with E-state index in [-0.39, 0.29) is 11.2 Å². The van der Waals surface area contributed by atoms with Gasteiger partial charge in [0.2, 0.25) is 5.43 Å². The van der Waals surface area contributed by atoms with E-state index >= 15 is 0 Å². The molecule has 0 aliphatic carbocycles. The van der Waals surface area contributed by atoms with E-state index in [1.54, 1.807) is 19.1 Å². The Morgan fingerprint density at radius 1 is 1.27 bits per heavy atom. The molecule has 3 heterocycles. The molecule has 1 saturated heterocycles. The van der Waals surface area contributed by atoms with Crippen molar-refractivity contribution in [3.05, 3.63) is 57.9 Å². The Morgan fingerprint density at radius 3 is 2.90 bits per heavy atom. The number of rotatable bonds is 3. The number of fused-ring (bicyclic) bond motifs is 2. The lowest BCUT2D eigenvalue weighted by atomic mass is 9.99. The third kappa shape index (κ3) is 3.30. The molecule has 5 nitrogen and oxygen atoms in total. The third-order valence-electron chi connectivity index (χ3n) is 5.95. The van der Waals surface area contributed by atoms with Crippen molar-refractivity contribution in [2.75, 3.05) is 13.1 Å². The first-order valence-corrected chi connectivity index (χ1v) is 11.2. The molecule has 2 aromatic carbocycles. The highest BCUT2D eigenvalue weighted by molar-refractivity contribution is 7.21. The summed E-state index contributed by atoms with van der Waals surface area (Å²) in [6.07, 6.45) is 2.38. The summed E-state index contributed by atoms with van der Waals surface area (Å²) in [6, 6.07) is 11.1. The molecule has 0 saturated carbocycles. The molecule has 5 rings (SSSR count). The Morgan fingerprint density at radius 2 is 2.10 bits per heavy atom. The van der Waals surface area contributed by atoms with Crippen molar-refractivity contribution in [3.8, 4) is 16.3 Å². The third-order valence-corrected chi connectivity index (χ3v) is 7.00. The van der Waals surface area contributed by atoms with Crippen LogP contribution in [0.5, 0.6) is 5.75 Å². The molecule has 0 radical (unpaired) electrons. The molecule has 4 aromatic rings. The highest BCUT2D eigenvalue weighted by atomic mass is 32.1. The van der Waals surface area contributed by atoms with E-state index in [2.05, 4.69) is 16.8 Å². The van der Waals surface area contributed by atoms with E-state index in [0.717, 1.165) is 29.7 Å². The van der Waals surface area contributed by atoms with Gasteiger partial charge in [0.15, 0.2) is 0 Å². The standard InChI is InChI=1S/C24H24N2O3S/c1-14-6-5-11-26(12-14)13-17-19(27)10-9-16-22(28)21(15(2)29-23(16)17)24-25-18-7-3-4-8-20(18)30-24/h3-4,7-10,14,27H,5-6,11-13H2,1-2H3/t14-/m1/s1. The number of para-hydroxylation sites is 1. The van der Waals surface area contributed by atoms with Gasteiger partial charge in [-0.25, -0.2) is 4.98 Å². The van der Waals surface area contributed by atoms with Crippen molar-refractivity contribution in [2.45, 2.75) is 33.2 Å². The zero-order valence-electron chi connectivity index (χ0n) is 17.1. The predicted molar refractivity (Wildman–Crippen MR) is 121 cm³/mol. The van der Waals surface area contributed by atoms with E-state index in [1.165, 1.54) is 17.8 Å². The van der Waals surface area contributed by atoms with Crippen molar-refractivity contribution >= 4 is 32.5 Å². The second kappa shape index (κ2) is 7.52. The summed E-state index contributed by atoms with van der Waals surface area (Å²) in [5.74, 6) is 1.34. The van der Waals surface area contributed by atoms with Gasteiger partial charge < -0.3 is 9.52 Å². The largest absolute Gasteiger partial charge is 0.507 e. The molecule has 6 heteroatoms. The zero-order valence-corrected chi connectivity index (χ0v) is 18.0. The number of aryl methyl sites for hydroxylation is 1. The minimum Gasteiger partial charge on any atom is -0.507 e. The Kier molecular flexibility index (Phi) is 4.83. The van der Waals surface area contributed by atoms with Gasteiger partial charge in [0.1, 0.15) is 22.1 Å². The monoisotopic (exact) mass is 420 g/mol. The van der Waals surface area contributed by atoms with Crippen LogP contribution in [0.15, 0.2) is 45.6 Å². The maximum absolute atomic E-state index is 13.4. The molecule has 1 aliphatic heterocycles. The first kappa shape index (κ1) is 19.3. The topological polar surface area (TPSA) is 66.6 Å². The van der Waals surface area contributed by atoms with E-state index in [0.29, 0.717) is 45.3 Å². The number of hydrogen-bond donors (Lipinski definition) is 1. The van der Waals surface area contributed by atoms with Gasteiger partial charge in [0, 0.05) is 13.1 Å². The SMILES string of the molecule is Cc1oc2c(CN3CCC[C@@H](C)C3)c(O)ccc2c(=O)c1-c1nc2ccccc2s1. The molecule has 0 amide bonds. The Bertz CT molecular complexity index is 1270. The summed E-state index contributed by atoms with van der Waals surface area (Å²) in [7, 11) is 0. The second-order valence-electron chi connectivity index (χ2n) is 8.27. The highest BCUT2D eigenvalue weighted by Gasteiger charge is 2.23. The fourth-order valence-electron chi connectivity index (χ4n) is 4.45. The van der Waals surface area contributed by atoms with Crippen LogP contribution in [0.4, 0.5) is 0 Å². The fraction of sp³-hybridized carbons (Fsp3) is 0.333. The number of piperidine rings is 1. The molecule has 0 bridgehead atoms. The van der Waals surface area contributed by atoms with Gasteiger partial charge in [0.25, 0.3) is 0 Å². The van der Waals surface area contributed by atoms with Gasteiger partial charge >= 0.3 is 0 Å². The van der Waals surface area contributed by atoms with Crippen molar-refractivity contribution in [1.82, 2.24) is 9.88 Å². The quantitative estimate of drug-likeness (QED) is 0.486. The molecular weight excluding hydrogens is 396 g/mol. The van der Waals surface area contributed by atoms with Crippen LogP contribution in [0.25, 0.3) is 31.8 Å². The van der Waals surface area contributed by atoms with Crippen molar-refractivity contribution in [3.63, 3.8) is 0 Å². The Labute approximate surface area is 178 Å². The van der Waals surface area contributed by atoms with Crippen molar-refractivity contribution in [1.29, 1.82) is 0 Å². The van der Waals surface area contributed by atoms with Gasteiger partial charge in [-0.2, -0.15) is 0 Å². The lowest BCUT2D eigenvalue weighted by Crippen LogP contribution is -2.33. The molecule has 1 fully saturated rings. The molecule has 0 spiro atoms. The zero-order chi connectivity index (χ0) is 20.8. The number of nitrogens with zero attached hydrogens (tertiary/aromatic N) is 2. The molecule has 0 unspecified atom stereocenters. The van der Waals surface area contributed by atoms with E-state index in [4.69, 9.17) is 4.42 Å². The minimum absolute atomic E-state index is 0.0962. The lowest BCUT2D eigenvalue weighted by molar-refractivity contribution is 0.175. The summed E-state index contributed by atoms with van der Waals surface area (Å²) < 4.78 is 7.22. The number of aromatic hydroxyl groups is 1. The average Bonchev–Trinajstić information content (AvgIpc) is 3.14. The van der Waals surface area contributed by atoms with E-state index in [9.17, 15) is 9.90 Å². The summed E-state index contributed by atoms with van der Waals surface area (Å²) in [6.45, 7) is 6.62. The second-order valence-corrected chi connectivity index (χ2v) is 9.30. The molecule has 30 heavy (non-hydrogen) atoms. The minimum atomic E-state index is -0.0962. The molecule has 1 atom stereocenters. The number of phenolic OH excluding ortho intramolecular Hbond substituents is 1. The maximum atomic E-state index is 13.4. The van der Waals surface area contributed by atoms with Crippen LogP contribution in [-0.2, 0) is 6.54 Å². The van der Waals surface area contributed by atoms with Gasteiger partial charge in [0.05, 0.1) is 26.7 Å². The van der Waals surface area contributed by atoms with Gasteiger partial charge in [-0.1, -0.05) is 19.1 Å². The predicted octanol–water partition coefficient (Wildman–Crippen LogP) is 5.32. The maximum Gasteiger partial charge on any atom is 0.203 e. The first-order chi connectivity index (χ1) is 14.5. The van der Waals surface area contributed by atoms with Crippen LogP contribution >= 0.6 is 11.3 Å². The van der Waals surface area contributed by atoms with Crippen LogP contribution in [0.2, 0.25) is 0 Å². The highest BCUT2D eigenvalue weighted by Crippen LogP contribution is 2.34. The van der Waals surface area contributed by atoms with Crippen molar-refractivity contribution < 1.29 is 9.52 Å². The fourth-order valence-corrected chi connectivity index (χ4v) is 5.50. The summed E-state index contributed by atoms with van der Waals surface area (Å²) >= 11 is 1.49. The summed E-state index contributed by atoms with van der Waals surface area (Å²) in [5, 5.41) is 11.7. The molecule has 1 N–H and O–H groups in total.